The van der Waals surface area contributed by atoms with Crippen molar-refractivity contribution in [1.82, 2.24) is 0 Å². The fourth-order valence-electron chi connectivity index (χ4n) is 3.61. The highest BCUT2D eigenvalue weighted by Crippen LogP contribution is 2.38. The Morgan fingerprint density at radius 3 is 2.42 bits per heavy atom. The lowest BCUT2D eigenvalue weighted by Gasteiger charge is -2.49. The van der Waals surface area contributed by atoms with Gasteiger partial charge in [-0.25, -0.2) is 9.59 Å². The quantitative estimate of drug-likeness (QED) is 0.855. The van der Waals surface area contributed by atoms with E-state index in [2.05, 4.69) is 6.92 Å². The van der Waals surface area contributed by atoms with Gasteiger partial charge in [-0.15, -0.1) is 0 Å². The molecule has 2 saturated heterocycles. The number of rotatable bonds is 3. The van der Waals surface area contributed by atoms with Crippen molar-refractivity contribution in [2.75, 3.05) is 6.61 Å². The minimum Gasteiger partial charge on any atom is -0.478 e. The lowest BCUT2D eigenvalue weighted by atomic mass is 9.79. The summed E-state index contributed by atoms with van der Waals surface area (Å²) in [5.74, 6) is -1.44. The molecule has 3 rings (SSSR count). The van der Waals surface area contributed by atoms with E-state index in [1.807, 2.05) is 13.8 Å². The molecule has 2 aliphatic rings. The SMILES string of the molecule is C[C@@H]1[C@@H]2OC[C@@H](OC(=O)c3ccccc3C(=O)O)[C@H]1O[C@@H](C)[C@H]2C. The number of esters is 1. The van der Waals surface area contributed by atoms with Crippen molar-refractivity contribution < 1.29 is 28.9 Å². The maximum absolute atomic E-state index is 12.5. The van der Waals surface area contributed by atoms with Crippen LogP contribution in [0.4, 0.5) is 0 Å². The van der Waals surface area contributed by atoms with Crippen LogP contribution in [0.3, 0.4) is 0 Å². The summed E-state index contributed by atoms with van der Waals surface area (Å²) in [6.07, 6.45) is -0.680. The van der Waals surface area contributed by atoms with Crippen LogP contribution >= 0.6 is 0 Å². The number of benzene rings is 1. The number of hydrogen-bond acceptors (Lipinski definition) is 5. The number of hydrogen-bond donors (Lipinski definition) is 1. The normalized spacial score (nSPS) is 35.3. The summed E-state index contributed by atoms with van der Waals surface area (Å²) in [5.41, 5.74) is -0.0336. The van der Waals surface area contributed by atoms with Gasteiger partial charge in [-0.1, -0.05) is 26.0 Å². The monoisotopic (exact) mass is 334 g/mol. The molecule has 24 heavy (non-hydrogen) atoms. The van der Waals surface area contributed by atoms with Gasteiger partial charge < -0.3 is 19.3 Å². The van der Waals surface area contributed by atoms with Crippen molar-refractivity contribution in [3.8, 4) is 0 Å². The molecule has 0 unspecified atom stereocenters. The first-order valence-electron chi connectivity index (χ1n) is 8.20. The first-order chi connectivity index (χ1) is 11.4. The first-order valence-corrected chi connectivity index (χ1v) is 8.20. The summed E-state index contributed by atoms with van der Waals surface area (Å²) >= 11 is 0. The Hall–Kier alpha value is -1.92. The highest BCUT2D eigenvalue weighted by Gasteiger charge is 2.48. The van der Waals surface area contributed by atoms with E-state index in [0.717, 1.165) is 0 Å². The fourth-order valence-corrected chi connectivity index (χ4v) is 3.61. The van der Waals surface area contributed by atoms with E-state index in [-0.39, 0.29) is 47.9 Å². The second-order valence-corrected chi connectivity index (χ2v) is 6.62. The van der Waals surface area contributed by atoms with Crippen molar-refractivity contribution in [2.24, 2.45) is 11.8 Å². The Morgan fingerprint density at radius 2 is 1.75 bits per heavy atom. The van der Waals surface area contributed by atoms with Crippen LogP contribution in [-0.4, -0.2) is 48.1 Å². The summed E-state index contributed by atoms with van der Waals surface area (Å²) in [6, 6.07) is 6.02. The minimum atomic E-state index is -1.16. The summed E-state index contributed by atoms with van der Waals surface area (Å²) < 4.78 is 17.5. The van der Waals surface area contributed by atoms with Gasteiger partial charge in [-0.3, -0.25) is 0 Å². The zero-order valence-electron chi connectivity index (χ0n) is 14.0. The van der Waals surface area contributed by atoms with E-state index >= 15 is 0 Å². The van der Waals surface area contributed by atoms with Gasteiger partial charge in [0.25, 0.3) is 0 Å². The molecule has 0 spiro atoms. The third-order valence-corrected chi connectivity index (χ3v) is 5.12. The standard InChI is InChI=1S/C18H22O6/c1-9-11(3)23-16-10(2)15(9)22-8-14(16)24-18(21)13-7-5-4-6-12(13)17(19)20/h4-7,9-11,14-16H,8H2,1-3H3,(H,19,20)/t9-,10-,11+,14-,15-,16+/m1/s1. The fraction of sp³-hybridized carbons (Fsp3) is 0.556. The van der Waals surface area contributed by atoms with E-state index in [9.17, 15) is 14.7 Å². The molecule has 2 heterocycles. The molecule has 0 saturated carbocycles. The highest BCUT2D eigenvalue weighted by atomic mass is 16.6. The molecule has 1 aromatic carbocycles. The molecule has 2 fully saturated rings. The third kappa shape index (κ3) is 2.91. The van der Waals surface area contributed by atoms with E-state index in [4.69, 9.17) is 14.2 Å². The van der Waals surface area contributed by atoms with Crippen molar-refractivity contribution in [3.05, 3.63) is 35.4 Å². The number of fused-ring (bicyclic) bond motifs is 2. The van der Waals surface area contributed by atoms with Gasteiger partial charge in [0.2, 0.25) is 0 Å². The Kier molecular flexibility index (Phi) is 4.60. The average Bonchev–Trinajstić information content (AvgIpc) is 2.56. The summed E-state index contributed by atoms with van der Waals surface area (Å²) in [4.78, 5) is 23.7. The van der Waals surface area contributed by atoms with E-state index in [0.29, 0.717) is 0 Å². The molecule has 0 radical (unpaired) electrons. The van der Waals surface area contributed by atoms with Crippen LogP contribution in [0, 0.1) is 11.8 Å². The van der Waals surface area contributed by atoms with Crippen LogP contribution in [0.15, 0.2) is 24.3 Å². The average molecular weight is 334 g/mol. The molecule has 6 atom stereocenters. The molecule has 0 aromatic heterocycles. The topological polar surface area (TPSA) is 82.1 Å². The maximum Gasteiger partial charge on any atom is 0.339 e. The molecule has 1 aromatic rings. The van der Waals surface area contributed by atoms with Gasteiger partial charge in [0.15, 0.2) is 6.10 Å². The Bertz CT molecular complexity index is 642. The number of carbonyl (C=O) groups excluding carboxylic acids is 1. The van der Waals surface area contributed by atoms with Crippen molar-refractivity contribution in [3.63, 3.8) is 0 Å². The van der Waals surface area contributed by atoms with Gasteiger partial charge in [0.05, 0.1) is 29.9 Å². The van der Waals surface area contributed by atoms with Crippen LogP contribution in [0.1, 0.15) is 41.5 Å². The maximum atomic E-state index is 12.5. The predicted molar refractivity (Wildman–Crippen MR) is 85.0 cm³/mol. The van der Waals surface area contributed by atoms with Crippen LogP contribution in [0.5, 0.6) is 0 Å². The zero-order chi connectivity index (χ0) is 17.4. The van der Waals surface area contributed by atoms with Gasteiger partial charge in [0, 0.05) is 11.8 Å². The first kappa shape index (κ1) is 16.9. The summed E-state index contributed by atoms with van der Waals surface area (Å²) in [5, 5.41) is 9.21. The Labute approximate surface area is 140 Å². The predicted octanol–water partition coefficient (Wildman–Crippen LogP) is 2.37. The molecule has 2 aliphatic heterocycles. The van der Waals surface area contributed by atoms with Crippen molar-refractivity contribution in [1.29, 1.82) is 0 Å². The molecule has 6 heteroatoms. The van der Waals surface area contributed by atoms with E-state index < -0.39 is 18.0 Å². The minimum absolute atomic E-state index is 0.0176. The molecular formula is C18H22O6. The number of carboxylic acids is 1. The lowest BCUT2D eigenvalue weighted by molar-refractivity contribution is -0.250. The molecule has 0 aliphatic carbocycles. The summed E-state index contributed by atoms with van der Waals surface area (Å²) in [6.45, 7) is 6.38. The van der Waals surface area contributed by atoms with Crippen molar-refractivity contribution >= 4 is 11.9 Å². The lowest BCUT2D eigenvalue weighted by Crippen LogP contribution is -2.59. The molecule has 6 nitrogen and oxygen atoms in total. The van der Waals surface area contributed by atoms with Gasteiger partial charge in [-0.2, -0.15) is 0 Å². The number of carboxylic acid groups (broad SMARTS) is 1. The molecule has 2 bridgehead atoms. The smallest absolute Gasteiger partial charge is 0.339 e. The van der Waals surface area contributed by atoms with Crippen molar-refractivity contribution in [2.45, 2.75) is 45.2 Å². The van der Waals surface area contributed by atoms with Crippen LogP contribution in [0.25, 0.3) is 0 Å². The van der Waals surface area contributed by atoms with Crippen LogP contribution < -0.4 is 0 Å². The van der Waals surface area contributed by atoms with Gasteiger partial charge in [0.1, 0.15) is 6.10 Å². The Balaban J connectivity index is 1.77. The molecule has 0 amide bonds. The second-order valence-electron chi connectivity index (χ2n) is 6.62. The number of aromatic carboxylic acids is 1. The van der Waals surface area contributed by atoms with E-state index in [1.54, 1.807) is 12.1 Å². The second kappa shape index (κ2) is 6.53. The molecule has 130 valence electrons. The van der Waals surface area contributed by atoms with Crippen LogP contribution in [-0.2, 0) is 14.2 Å². The summed E-state index contributed by atoms with van der Waals surface area (Å²) in [7, 11) is 0. The number of carbonyl (C=O) groups is 2. The largest absolute Gasteiger partial charge is 0.478 e. The van der Waals surface area contributed by atoms with Gasteiger partial charge >= 0.3 is 11.9 Å². The van der Waals surface area contributed by atoms with Gasteiger partial charge in [-0.05, 0) is 19.1 Å². The van der Waals surface area contributed by atoms with Crippen LogP contribution in [0.2, 0.25) is 0 Å². The zero-order valence-corrected chi connectivity index (χ0v) is 14.0. The Morgan fingerprint density at radius 1 is 1.08 bits per heavy atom. The molecular weight excluding hydrogens is 312 g/mol. The third-order valence-electron chi connectivity index (χ3n) is 5.12. The highest BCUT2D eigenvalue weighted by molar-refractivity contribution is 6.02. The molecule has 1 N–H and O–H groups in total. The number of ether oxygens (including phenoxy) is 3. The van der Waals surface area contributed by atoms with E-state index in [1.165, 1.54) is 12.1 Å².